The molecule has 8 heteroatoms. The van der Waals surface area contributed by atoms with Crippen LogP contribution in [-0.4, -0.2) is 27.9 Å². The first-order valence-electron chi connectivity index (χ1n) is 14.4. The summed E-state index contributed by atoms with van der Waals surface area (Å²) < 4.78 is 18.0. The molecular formula is C32H41ClNO5P. The van der Waals surface area contributed by atoms with E-state index in [0.29, 0.717) is 36.1 Å². The molecule has 2 aromatic carbocycles. The van der Waals surface area contributed by atoms with Crippen LogP contribution in [0.4, 0.5) is 0 Å². The molecule has 1 aliphatic carbocycles. The Hall–Kier alpha value is -2.21. The fourth-order valence-electron chi connectivity index (χ4n) is 5.99. The molecule has 0 bridgehead atoms. The van der Waals surface area contributed by atoms with Crippen molar-refractivity contribution in [2.45, 2.75) is 84.2 Å². The van der Waals surface area contributed by atoms with E-state index in [4.69, 9.17) is 30.4 Å². The van der Waals surface area contributed by atoms with E-state index >= 15 is 0 Å². The van der Waals surface area contributed by atoms with Crippen LogP contribution < -0.4 is 4.74 Å². The number of aryl methyl sites for hydroxylation is 1. The fourth-order valence-corrected chi connectivity index (χ4v) is 7.88. The van der Waals surface area contributed by atoms with Crippen LogP contribution in [-0.2, 0) is 15.5 Å². The normalized spacial score (nSPS) is 20.6. The van der Waals surface area contributed by atoms with Gasteiger partial charge in [-0.3, -0.25) is 0 Å². The van der Waals surface area contributed by atoms with Gasteiger partial charge in [-0.25, -0.2) is 0 Å². The van der Waals surface area contributed by atoms with Gasteiger partial charge in [0.15, 0.2) is 0 Å². The molecule has 3 aromatic rings. The molecule has 5 rings (SSSR count). The Morgan fingerprint density at radius 2 is 1.77 bits per heavy atom. The number of hydrogen-bond acceptors (Lipinski definition) is 6. The summed E-state index contributed by atoms with van der Waals surface area (Å²) in [6, 6.07) is 13.3. The van der Waals surface area contributed by atoms with Crippen molar-refractivity contribution in [3.63, 3.8) is 0 Å². The van der Waals surface area contributed by atoms with Gasteiger partial charge in [-0.05, 0) is 0 Å². The van der Waals surface area contributed by atoms with Gasteiger partial charge in [-0.1, -0.05) is 25.7 Å². The van der Waals surface area contributed by atoms with Crippen LogP contribution in [0.5, 0.6) is 11.5 Å². The van der Waals surface area contributed by atoms with Gasteiger partial charge in [0.2, 0.25) is 0 Å². The molecule has 216 valence electrons. The molecule has 1 saturated carbocycles. The van der Waals surface area contributed by atoms with E-state index in [9.17, 15) is 10.00 Å². The standard InChI is InChI=1S/C32H41ClNO5P/c1-21-17-31(37-20-40(36)38-16-15-30(39-40)25-11-8-12-26(33)18-25)23(3)22(2)28(21)19-27-13-14-29(35)32(34-27)24-9-6-4-5-7-10-24/h8,11-14,17-18,24,30,35-36,40H,4-7,9-10,15-16,19-20H2,1-3H3. The first-order valence-corrected chi connectivity index (χ1v) is 16.8. The maximum absolute atomic E-state index is 11.2. The quantitative estimate of drug-likeness (QED) is 0.214. The van der Waals surface area contributed by atoms with Crippen LogP contribution in [0.1, 0.15) is 96.2 Å². The van der Waals surface area contributed by atoms with Gasteiger partial charge in [0.25, 0.3) is 0 Å². The van der Waals surface area contributed by atoms with Gasteiger partial charge in [0, 0.05) is 0 Å². The SMILES string of the molecule is Cc1cc(OC[PH]2(O)OCCC(c3cccc(Cl)c3)O2)c(C)c(C)c1Cc1ccc(O)c(C2CCCCCC2)n1. The van der Waals surface area contributed by atoms with Crippen LogP contribution in [0.15, 0.2) is 42.5 Å². The van der Waals surface area contributed by atoms with Crippen LogP contribution in [0.2, 0.25) is 5.02 Å². The molecule has 2 aliphatic rings. The van der Waals surface area contributed by atoms with E-state index in [-0.39, 0.29) is 12.5 Å². The number of hydrogen-bond donors (Lipinski definition) is 2. The van der Waals surface area contributed by atoms with Crippen molar-refractivity contribution in [3.05, 3.63) is 86.7 Å². The average molecular weight is 586 g/mol. The third-order valence-corrected chi connectivity index (χ3v) is 10.5. The molecular weight excluding hydrogens is 545 g/mol. The van der Waals surface area contributed by atoms with Crippen molar-refractivity contribution in [1.82, 2.24) is 4.98 Å². The molecule has 0 amide bonds. The molecule has 1 unspecified atom stereocenters. The number of benzene rings is 2. The molecule has 1 aromatic heterocycles. The first kappa shape index (κ1) is 29.3. The second kappa shape index (κ2) is 12.8. The summed E-state index contributed by atoms with van der Waals surface area (Å²) in [5, 5.41) is 11.2. The van der Waals surface area contributed by atoms with Gasteiger partial charge in [-0.15, -0.1) is 0 Å². The summed E-state index contributed by atoms with van der Waals surface area (Å²) >= 11 is 6.17. The predicted molar refractivity (Wildman–Crippen MR) is 162 cm³/mol. The Kier molecular flexibility index (Phi) is 9.34. The van der Waals surface area contributed by atoms with Gasteiger partial charge < -0.3 is 0 Å². The van der Waals surface area contributed by atoms with E-state index in [0.717, 1.165) is 52.2 Å². The third-order valence-electron chi connectivity index (χ3n) is 8.43. The van der Waals surface area contributed by atoms with Crippen molar-refractivity contribution in [1.29, 1.82) is 0 Å². The van der Waals surface area contributed by atoms with Crippen LogP contribution in [0.25, 0.3) is 0 Å². The molecule has 2 fully saturated rings. The summed E-state index contributed by atoms with van der Waals surface area (Å²) in [5.74, 6) is 1.37. The molecule has 2 heterocycles. The summed E-state index contributed by atoms with van der Waals surface area (Å²) in [6.07, 6.45) is 8.15. The number of nitrogens with zero attached hydrogens (tertiary/aromatic N) is 1. The average Bonchev–Trinajstić information content (AvgIpc) is 3.23. The molecule has 0 spiro atoms. The second-order valence-electron chi connectivity index (χ2n) is 11.3. The van der Waals surface area contributed by atoms with Crippen molar-refractivity contribution in [3.8, 4) is 11.5 Å². The van der Waals surface area contributed by atoms with E-state index in [1.54, 1.807) is 0 Å². The third kappa shape index (κ3) is 6.80. The maximum atomic E-state index is 11.2. The number of aromatic hydroxyl groups is 1. The molecule has 1 atom stereocenters. The van der Waals surface area contributed by atoms with Gasteiger partial charge in [0.1, 0.15) is 0 Å². The van der Waals surface area contributed by atoms with Gasteiger partial charge in [-0.2, -0.15) is 0 Å². The molecule has 40 heavy (non-hydrogen) atoms. The summed E-state index contributed by atoms with van der Waals surface area (Å²) in [7, 11) is -3.55. The summed E-state index contributed by atoms with van der Waals surface area (Å²) in [6.45, 7) is 6.63. The minimum atomic E-state index is -3.55. The number of rotatable bonds is 7. The molecule has 1 aliphatic heterocycles. The van der Waals surface area contributed by atoms with E-state index < -0.39 is 7.94 Å². The Bertz CT molecular complexity index is 1340. The van der Waals surface area contributed by atoms with E-state index in [2.05, 4.69) is 13.8 Å². The molecule has 1 saturated heterocycles. The monoisotopic (exact) mass is 585 g/mol. The van der Waals surface area contributed by atoms with Crippen LogP contribution in [0, 0.1) is 20.8 Å². The van der Waals surface area contributed by atoms with Crippen LogP contribution >= 0.6 is 19.5 Å². The van der Waals surface area contributed by atoms with Gasteiger partial charge >= 0.3 is 218 Å². The number of ether oxygens (including phenoxy) is 1. The number of halogens is 1. The van der Waals surface area contributed by atoms with Crippen LogP contribution in [0.3, 0.4) is 0 Å². The summed E-state index contributed by atoms with van der Waals surface area (Å²) in [5.41, 5.74) is 7.21. The van der Waals surface area contributed by atoms with Crippen molar-refractivity contribution in [2.75, 3.05) is 13.0 Å². The Morgan fingerprint density at radius 3 is 2.52 bits per heavy atom. The zero-order valence-corrected chi connectivity index (χ0v) is 25.5. The fraction of sp³-hybridized carbons (Fsp3) is 0.469. The topological polar surface area (TPSA) is 81.0 Å². The van der Waals surface area contributed by atoms with Crippen molar-refractivity contribution in [2.24, 2.45) is 0 Å². The molecule has 6 nitrogen and oxygen atoms in total. The first-order chi connectivity index (χ1) is 19.2. The van der Waals surface area contributed by atoms with E-state index in [1.807, 2.05) is 49.4 Å². The summed E-state index contributed by atoms with van der Waals surface area (Å²) in [4.78, 5) is 16.2. The zero-order valence-electron chi connectivity index (χ0n) is 23.7. The Balaban J connectivity index is 1.30. The number of aromatic nitrogens is 1. The second-order valence-corrected chi connectivity index (χ2v) is 14.0. The minimum absolute atomic E-state index is 0.0204. The van der Waals surface area contributed by atoms with Gasteiger partial charge in [0.05, 0.1) is 0 Å². The van der Waals surface area contributed by atoms with Crippen molar-refractivity contribution >= 4 is 19.5 Å². The molecule has 0 radical (unpaired) electrons. The Labute approximate surface area is 243 Å². The zero-order chi connectivity index (χ0) is 28.3. The number of pyridine rings is 1. The Morgan fingerprint density at radius 1 is 1.00 bits per heavy atom. The van der Waals surface area contributed by atoms with E-state index in [1.165, 1.54) is 31.2 Å². The molecule has 2 N–H and O–H groups in total. The van der Waals surface area contributed by atoms with Crippen molar-refractivity contribution < 1.29 is 23.8 Å². The predicted octanol–water partition coefficient (Wildman–Crippen LogP) is 8.40.